The summed E-state index contributed by atoms with van der Waals surface area (Å²) in [5.41, 5.74) is 1.80. The number of imide groups is 1. The Labute approximate surface area is 145 Å². The third-order valence-electron chi connectivity index (χ3n) is 3.97. The van der Waals surface area contributed by atoms with Crippen molar-refractivity contribution in [2.24, 2.45) is 0 Å². The molecule has 1 aromatic heterocycles. The molecule has 24 heavy (non-hydrogen) atoms. The molecule has 0 unspecified atom stereocenters. The molecule has 2 N–H and O–H groups in total. The van der Waals surface area contributed by atoms with Crippen LogP contribution in [0, 0.1) is 0 Å². The van der Waals surface area contributed by atoms with Gasteiger partial charge in [0.1, 0.15) is 0 Å². The third kappa shape index (κ3) is 4.12. The molecule has 0 spiro atoms. The fraction of sp³-hybridized carbons (Fsp3) is 0.294. The zero-order chi connectivity index (χ0) is 16.9. The highest BCUT2D eigenvalue weighted by Crippen LogP contribution is 2.19. The minimum absolute atomic E-state index is 0.392. The summed E-state index contributed by atoms with van der Waals surface area (Å²) in [5, 5.41) is 6.79. The van der Waals surface area contributed by atoms with E-state index in [2.05, 4.69) is 27.5 Å². The Hall–Kier alpha value is -2.38. The Morgan fingerprint density at radius 2 is 1.75 bits per heavy atom. The normalized spacial score (nSPS) is 15.1. The van der Waals surface area contributed by atoms with E-state index >= 15 is 0 Å². The number of anilines is 2. The van der Waals surface area contributed by atoms with Crippen LogP contribution in [0.3, 0.4) is 0 Å². The summed E-state index contributed by atoms with van der Waals surface area (Å²) < 4.78 is 0. The number of nitrogens with zero attached hydrogens (tertiary/aromatic N) is 2. The first kappa shape index (κ1) is 16.5. The van der Waals surface area contributed by atoms with Gasteiger partial charge >= 0.3 is 6.03 Å². The molecule has 2 aromatic rings. The van der Waals surface area contributed by atoms with E-state index in [1.807, 2.05) is 24.3 Å². The Morgan fingerprint density at radius 3 is 2.38 bits per heavy atom. The van der Waals surface area contributed by atoms with Gasteiger partial charge in [-0.15, -0.1) is 11.3 Å². The van der Waals surface area contributed by atoms with Crippen LogP contribution in [0.2, 0.25) is 0 Å². The summed E-state index contributed by atoms with van der Waals surface area (Å²) in [6, 6.07) is 10.6. The van der Waals surface area contributed by atoms with Crippen LogP contribution in [0.5, 0.6) is 0 Å². The summed E-state index contributed by atoms with van der Waals surface area (Å²) in [7, 11) is 2.13. The van der Waals surface area contributed by atoms with Crippen molar-refractivity contribution >= 4 is 34.6 Å². The number of hydrogen-bond donors (Lipinski definition) is 2. The van der Waals surface area contributed by atoms with Gasteiger partial charge in [0.25, 0.3) is 5.91 Å². The van der Waals surface area contributed by atoms with Crippen LogP contribution in [0.1, 0.15) is 9.67 Å². The lowest BCUT2D eigenvalue weighted by Crippen LogP contribution is -2.44. The number of rotatable bonds is 3. The zero-order valence-electron chi connectivity index (χ0n) is 13.5. The molecular formula is C17H20N4O2S. The van der Waals surface area contributed by atoms with Crippen LogP contribution >= 0.6 is 11.3 Å². The van der Waals surface area contributed by atoms with Gasteiger partial charge in [-0.05, 0) is 42.8 Å². The van der Waals surface area contributed by atoms with E-state index in [9.17, 15) is 9.59 Å². The van der Waals surface area contributed by atoms with Crippen LogP contribution in [0.25, 0.3) is 0 Å². The van der Waals surface area contributed by atoms with Crippen LogP contribution in [0.15, 0.2) is 41.8 Å². The van der Waals surface area contributed by atoms with E-state index in [0.717, 1.165) is 31.9 Å². The number of piperazine rings is 1. The molecule has 1 saturated heterocycles. The summed E-state index contributed by atoms with van der Waals surface area (Å²) in [6.07, 6.45) is 0. The van der Waals surface area contributed by atoms with Gasteiger partial charge in [0.2, 0.25) is 0 Å². The second-order valence-electron chi connectivity index (χ2n) is 5.72. The van der Waals surface area contributed by atoms with E-state index in [1.54, 1.807) is 17.5 Å². The van der Waals surface area contributed by atoms with Gasteiger partial charge in [-0.3, -0.25) is 10.1 Å². The Kier molecular flexibility index (Phi) is 5.12. The van der Waals surface area contributed by atoms with E-state index in [1.165, 1.54) is 11.3 Å². The lowest BCUT2D eigenvalue weighted by atomic mass is 10.2. The fourth-order valence-electron chi connectivity index (χ4n) is 2.56. The number of benzene rings is 1. The maximum Gasteiger partial charge on any atom is 0.326 e. The first-order valence-electron chi connectivity index (χ1n) is 7.81. The maximum atomic E-state index is 11.9. The first-order valence-corrected chi connectivity index (χ1v) is 8.69. The maximum absolute atomic E-state index is 11.9. The number of nitrogens with one attached hydrogen (secondary N) is 2. The smallest absolute Gasteiger partial charge is 0.326 e. The minimum Gasteiger partial charge on any atom is -0.369 e. The van der Waals surface area contributed by atoms with E-state index in [0.29, 0.717) is 10.6 Å². The number of urea groups is 1. The molecule has 1 aliphatic rings. The van der Waals surface area contributed by atoms with Crippen LogP contribution in [-0.4, -0.2) is 50.1 Å². The molecule has 1 aromatic carbocycles. The lowest BCUT2D eigenvalue weighted by Gasteiger charge is -2.34. The largest absolute Gasteiger partial charge is 0.369 e. The Bertz CT molecular complexity index is 692. The van der Waals surface area contributed by atoms with E-state index in [-0.39, 0.29) is 0 Å². The molecule has 1 fully saturated rings. The molecule has 0 aliphatic carbocycles. The van der Waals surface area contributed by atoms with Gasteiger partial charge in [0, 0.05) is 37.6 Å². The number of carbonyl (C=O) groups is 2. The van der Waals surface area contributed by atoms with Crippen molar-refractivity contribution in [3.63, 3.8) is 0 Å². The molecule has 126 valence electrons. The van der Waals surface area contributed by atoms with Crippen LogP contribution in [0.4, 0.5) is 16.2 Å². The summed E-state index contributed by atoms with van der Waals surface area (Å²) in [5.74, 6) is -0.392. The molecule has 3 amide bonds. The lowest BCUT2D eigenvalue weighted by molar-refractivity contribution is 0.0971. The van der Waals surface area contributed by atoms with Gasteiger partial charge < -0.3 is 15.1 Å². The van der Waals surface area contributed by atoms with Crippen molar-refractivity contribution in [2.45, 2.75) is 0 Å². The number of carbonyl (C=O) groups excluding carboxylic acids is 2. The highest BCUT2D eigenvalue weighted by atomic mass is 32.1. The van der Waals surface area contributed by atoms with Gasteiger partial charge in [0.15, 0.2) is 0 Å². The molecule has 0 atom stereocenters. The topological polar surface area (TPSA) is 64.7 Å². The molecule has 0 bridgehead atoms. The summed E-state index contributed by atoms with van der Waals surface area (Å²) in [4.78, 5) is 28.8. The predicted molar refractivity (Wildman–Crippen MR) is 97.0 cm³/mol. The minimum atomic E-state index is -0.527. The van der Waals surface area contributed by atoms with Gasteiger partial charge in [0.05, 0.1) is 4.88 Å². The molecule has 6 nitrogen and oxygen atoms in total. The molecule has 3 rings (SSSR count). The molecular weight excluding hydrogens is 324 g/mol. The number of thiophene rings is 1. The van der Waals surface area contributed by atoms with Crippen molar-refractivity contribution < 1.29 is 9.59 Å². The van der Waals surface area contributed by atoms with Gasteiger partial charge in [-0.25, -0.2) is 4.79 Å². The predicted octanol–water partition coefficient (Wildman–Crippen LogP) is 2.46. The zero-order valence-corrected chi connectivity index (χ0v) is 14.3. The van der Waals surface area contributed by atoms with Gasteiger partial charge in [-0.2, -0.15) is 0 Å². The van der Waals surface area contributed by atoms with Crippen molar-refractivity contribution in [3.8, 4) is 0 Å². The highest BCUT2D eigenvalue weighted by molar-refractivity contribution is 7.12. The highest BCUT2D eigenvalue weighted by Gasteiger charge is 2.14. The van der Waals surface area contributed by atoms with Crippen molar-refractivity contribution in [3.05, 3.63) is 46.7 Å². The first-order chi connectivity index (χ1) is 11.6. The molecule has 2 heterocycles. The summed E-state index contributed by atoms with van der Waals surface area (Å²) in [6.45, 7) is 4.10. The van der Waals surface area contributed by atoms with Crippen molar-refractivity contribution in [1.29, 1.82) is 0 Å². The van der Waals surface area contributed by atoms with Crippen molar-refractivity contribution in [2.75, 3.05) is 43.4 Å². The number of amides is 3. The summed E-state index contributed by atoms with van der Waals surface area (Å²) >= 11 is 1.30. The van der Waals surface area contributed by atoms with Gasteiger partial charge in [-0.1, -0.05) is 6.07 Å². The number of likely N-dealkylation sites (N-methyl/N-ethyl adjacent to an activating group) is 1. The second kappa shape index (κ2) is 7.46. The third-order valence-corrected chi connectivity index (χ3v) is 4.83. The molecule has 7 heteroatoms. The van der Waals surface area contributed by atoms with Crippen LogP contribution < -0.4 is 15.5 Å². The van der Waals surface area contributed by atoms with E-state index in [4.69, 9.17) is 0 Å². The standard InChI is InChI=1S/C17H20N4O2S/c1-20-8-10-21(11-9-20)14-6-4-13(5-7-14)18-17(23)19-16(22)15-3-2-12-24-15/h2-7,12H,8-11H2,1H3,(H2,18,19,22,23). The molecule has 1 aliphatic heterocycles. The molecule has 0 radical (unpaired) electrons. The fourth-order valence-corrected chi connectivity index (χ4v) is 3.17. The average molecular weight is 344 g/mol. The molecule has 0 saturated carbocycles. The van der Waals surface area contributed by atoms with Crippen LogP contribution in [-0.2, 0) is 0 Å². The Morgan fingerprint density at radius 1 is 1.04 bits per heavy atom. The number of hydrogen-bond acceptors (Lipinski definition) is 5. The Balaban J connectivity index is 1.54. The SMILES string of the molecule is CN1CCN(c2ccc(NC(=O)NC(=O)c3cccs3)cc2)CC1. The average Bonchev–Trinajstić information content (AvgIpc) is 3.11. The van der Waals surface area contributed by atoms with Crippen molar-refractivity contribution in [1.82, 2.24) is 10.2 Å². The quantitative estimate of drug-likeness (QED) is 0.898. The second-order valence-corrected chi connectivity index (χ2v) is 6.67. The van der Waals surface area contributed by atoms with E-state index < -0.39 is 11.9 Å². The monoisotopic (exact) mass is 344 g/mol.